The lowest BCUT2D eigenvalue weighted by Gasteiger charge is -2.08. The molecule has 0 amide bonds. The number of benzene rings is 1. The number of rotatable bonds is 4. The maximum absolute atomic E-state index is 12.5. The summed E-state index contributed by atoms with van der Waals surface area (Å²) >= 11 is 11.4. The Morgan fingerprint density at radius 1 is 1.32 bits per heavy atom. The fourth-order valence-electron chi connectivity index (χ4n) is 1.68. The predicted molar refractivity (Wildman–Crippen MR) is 85.2 cm³/mol. The number of nitrogens with zero attached hydrogens (tertiary/aromatic N) is 3. The molecule has 1 aromatic heterocycles. The van der Waals surface area contributed by atoms with E-state index in [1.807, 2.05) is 0 Å². The number of pyridine rings is 1. The molecule has 2 rings (SSSR count). The molecule has 7 nitrogen and oxygen atoms in total. The van der Waals surface area contributed by atoms with Crippen LogP contribution in [-0.2, 0) is 6.18 Å². The molecule has 0 saturated heterocycles. The summed E-state index contributed by atoms with van der Waals surface area (Å²) in [6, 6.07) is 2.82. The summed E-state index contributed by atoms with van der Waals surface area (Å²) in [6.45, 7) is 0. The van der Waals surface area contributed by atoms with Gasteiger partial charge in [0.1, 0.15) is 0 Å². The minimum absolute atomic E-state index is 0.0170. The number of nitro benzene ring substituents is 1. The standard InChI is InChI=1S/C13H7Cl2F3N4O3/c14-8-1-6(11(23)10(3-8)22(24)25)4-20-21-12-9(15)2-7(5-19-12)13(16,17)18/h1-5,23H,(H,19,21)/b20-4+. The first kappa shape index (κ1) is 18.7. The number of alkyl halides is 3. The van der Waals surface area contributed by atoms with Crippen molar-refractivity contribution in [3.63, 3.8) is 0 Å². The minimum Gasteiger partial charge on any atom is -0.502 e. The number of hydrogen-bond acceptors (Lipinski definition) is 6. The van der Waals surface area contributed by atoms with Crippen LogP contribution in [0.4, 0.5) is 24.7 Å². The molecule has 0 spiro atoms. The zero-order valence-corrected chi connectivity index (χ0v) is 13.4. The number of aromatic nitrogens is 1. The van der Waals surface area contributed by atoms with Gasteiger partial charge in [0, 0.05) is 22.8 Å². The highest BCUT2D eigenvalue weighted by Crippen LogP contribution is 2.33. The number of phenols is 1. The number of hydrazone groups is 1. The summed E-state index contributed by atoms with van der Waals surface area (Å²) in [5.74, 6) is -0.853. The van der Waals surface area contributed by atoms with Crippen LogP contribution in [0.5, 0.6) is 5.75 Å². The molecular formula is C13H7Cl2F3N4O3. The molecule has 0 unspecified atom stereocenters. The van der Waals surface area contributed by atoms with Crippen molar-refractivity contribution in [1.29, 1.82) is 0 Å². The topological polar surface area (TPSA) is 101 Å². The Bertz CT molecular complexity index is 859. The monoisotopic (exact) mass is 394 g/mol. The number of aromatic hydroxyl groups is 1. The Balaban J connectivity index is 2.24. The van der Waals surface area contributed by atoms with E-state index < -0.39 is 28.1 Å². The van der Waals surface area contributed by atoms with Crippen molar-refractivity contribution in [2.45, 2.75) is 6.18 Å². The summed E-state index contributed by atoms with van der Waals surface area (Å²) in [5.41, 5.74) is 0.525. The third-order valence-electron chi connectivity index (χ3n) is 2.82. The molecule has 0 aliphatic carbocycles. The summed E-state index contributed by atoms with van der Waals surface area (Å²) in [7, 11) is 0. The molecule has 0 radical (unpaired) electrons. The van der Waals surface area contributed by atoms with E-state index in [4.69, 9.17) is 23.2 Å². The Morgan fingerprint density at radius 3 is 2.56 bits per heavy atom. The highest BCUT2D eigenvalue weighted by atomic mass is 35.5. The summed E-state index contributed by atoms with van der Waals surface area (Å²) in [6.07, 6.45) is -3.06. The van der Waals surface area contributed by atoms with E-state index in [0.717, 1.165) is 12.3 Å². The van der Waals surface area contributed by atoms with Gasteiger partial charge >= 0.3 is 11.9 Å². The lowest BCUT2D eigenvalue weighted by atomic mass is 10.2. The molecule has 132 valence electrons. The molecular weight excluding hydrogens is 388 g/mol. The van der Waals surface area contributed by atoms with Crippen LogP contribution < -0.4 is 5.43 Å². The van der Waals surface area contributed by atoms with Gasteiger partial charge in [-0.05, 0) is 12.1 Å². The van der Waals surface area contributed by atoms with Gasteiger partial charge in [0.05, 0.1) is 21.7 Å². The molecule has 1 aromatic carbocycles. The largest absolute Gasteiger partial charge is 0.502 e. The van der Waals surface area contributed by atoms with Crippen LogP contribution >= 0.6 is 23.2 Å². The van der Waals surface area contributed by atoms with Gasteiger partial charge in [0.2, 0.25) is 5.75 Å². The lowest BCUT2D eigenvalue weighted by molar-refractivity contribution is -0.385. The number of halogens is 5. The molecule has 2 aromatic rings. The highest BCUT2D eigenvalue weighted by Gasteiger charge is 2.31. The SMILES string of the molecule is O=[N+]([O-])c1cc(Cl)cc(/C=N/Nc2ncc(C(F)(F)F)cc2Cl)c1O. The first-order chi connectivity index (χ1) is 11.6. The first-order valence-electron chi connectivity index (χ1n) is 6.28. The van der Waals surface area contributed by atoms with Crippen LogP contribution in [0.1, 0.15) is 11.1 Å². The average Bonchev–Trinajstić information content (AvgIpc) is 2.50. The second-order valence-corrected chi connectivity index (χ2v) is 5.39. The Morgan fingerprint density at radius 2 is 2.00 bits per heavy atom. The van der Waals surface area contributed by atoms with Crippen molar-refractivity contribution in [1.82, 2.24) is 4.98 Å². The molecule has 0 bridgehead atoms. The average molecular weight is 395 g/mol. The highest BCUT2D eigenvalue weighted by molar-refractivity contribution is 6.33. The van der Waals surface area contributed by atoms with Gasteiger partial charge in [-0.25, -0.2) is 4.98 Å². The van der Waals surface area contributed by atoms with Crippen LogP contribution in [0.2, 0.25) is 10.0 Å². The number of hydrogen-bond donors (Lipinski definition) is 2. The maximum Gasteiger partial charge on any atom is 0.417 e. The van der Waals surface area contributed by atoms with Crippen LogP contribution in [0.25, 0.3) is 0 Å². The molecule has 1 heterocycles. The van der Waals surface area contributed by atoms with Crippen molar-refractivity contribution in [3.05, 3.63) is 55.7 Å². The normalized spacial score (nSPS) is 11.7. The Labute approximate surface area is 147 Å². The molecule has 25 heavy (non-hydrogen) atoms. The maximum atomic E-state index is 12.5. The zero-order valence-electron chi connectivity index (χ0n) is 11.9. The molecule has 12 heteroatoms. The summed E-state index contributed by atoms with van der Waals surface area (Å²) in [4.78, 5) is 13.4. The van der Waals surface area contributed by atoms with Crippen molar-refractivity contribution in [3.8, 4) is 5.75 Å². The van der Waals surface area contributed by atoms with Gasteiger partial charge in [-0.2, -0.15) is 18.3 Å². The number of phenolic OH excluding ortho intramolecular Hbond substituents is 1. The van der Waals surface area contributed by atoms with Crippen LogP contribution in [0.3, 0.4) is 0 Å². The van der Waals surface area contributed by atoms with E-state index in [9.17, 15) is 28.4 Å². The van der Waals surface area contributed by atoms with Crippen molar-refractivity contribution >= 4 is 40.9 Å². The van der Waals surface area contributed by atoms with E-state index in [1.165, 1.54) is 6.07 Å². The molecule has 0 aliphatic heterocycles. The molecule has 0 saturated carbocycles. The minimum atomic E-state index is -4.59. The van der Waals surface area contributed by atoms with E-state index >= 15 is 0 Å². The van der Waals surface area contributed by atoms with Gasteiger partial charge in [-0.1, -0.05) is 23.2 Å². The third-order valence-corrected chi connectivity index (χ3v) is 3.33. The van der Waals surface area contributed by atoms with Gasteiger partial charge in [0.25, 0.3) is 0 Å². The number of anilines is 1. The van der Waals surface area contributed by atoms with E-state index in [0.29, 0.717) is 12.3 Å². The lowest BCUT2D eigenvalue weighted by Crippen LogP contribution is -2.06. The van der Waals surface area contributed by atoms with Gasteiger partial charge < -0.3 is 5.11 Å². The van der Waals surface area contributed by atoms with E-state index in [2.05, 4.69) is 15.5 Å². The van der Waals surface area contributed by atoms with Crippen LogP contribution in [-0.4, -0.2) is 21.2 Å². The molecule has 0 fully saturated rings. The fourth-order valence-corrected chi connectivity index (χ4v) is 2.11. The molecule has 0 aliphatic rings. The summed E-state index contributed by atoms with van der Waals surface area (Å²) < 4.78 is 37.5. The van der Waals surface area contributed by atoms with Crippen molar-refractivity contribution < 1.29 is 23.2 Å². The van der Waals surface area contributed by atoms with E-state index in [1.54, 1.807) is 0 Å². The second kappa shape index (κ2) is 7.11. The Hall–Kier alpha value is -2.59. The Kier molecular flexibility index (Phi) is 5.33. The fraction of sp³-hybridized carbons (Fsp3) is 0.0769. The molecule has 2 N–H and O–H groups in total. The first-order valence-corrected chi connectivity index (χ1v) is 7.04. The van der Waals surface area contributed by atoms with Crippen molar-refractivity contribution in [2.75, 3.05) is 5.43 Å². The van der Waals surface area contributed by atoms with Crippen molar-refractivity contribution in [2.24, 2.45) is 5.10 Å². The van der Waals surface area contributed by atoms with Gasteiger partial charge in [-0.15, -0.1) is 0 Å². The molecule has 0 atom stereocenters. The smallest absolute Gasteiger partial charge is 0.417 e. The number of nitro groups is 1. The quantitative estimate of drug-likeness (QED) is 0.452. The van der Waals surface area contributed by atoms with Crippen LogP contribution in [0, 0.1) is 10.1 Å². The van der Waals surface area contributed by atoms with Gasteiger partial charge in [0.15, 0.2) is 5.82 Å². The predicted octanol–water partition coefficient (Wildman–Crippen LogP) is 4.47. The van der Waals surface area contributed by atoms with Gasteiger partial charge in [-0.3, -0.25) is 15.5 Å². The third kappa shape index (κ3) is 4.48. The second-order valence-electron chi connectivity index (χ2n) is 4.54. The van der Waals surface area contributed by atoms with E-state index in [-0.39, 0.29) is 21.4 Å². The zero-order chi connectivity index (χ0) is 18.8. The summed E-state index contributed by atoms with van der Waals surface area (Å²) in [5, 5.41) is 23.8. The van der Waals surface area contributed by atoms with Crippen LogP contribution in [0.15, 0.2) is 29.5 Å². The number of nitrogens with one attached hydrogen (secondary N) is 1.